The molecule has 2 heterocycles. The topological polar surface area (TPSA) is 42.4 Å². The summed E-state index contributed by atoms with van der Waals surface area (Å²) in [4.78, 5) is 18.2. The lowest BCUT2D eigenvalue weighted by Crippen LogP contribution is -2.40. The second-order valence-electron chi connectivity index (χ2n) is 5.90. The third kappa shape index (κ3) is 2.47. The minimum absolute atomic E-state index is 0.101. The molecule has 98 valence electrons. The average Bonchev–Trinajstić information content (AvgIpc) is 2.50. The highest BCUT2D eigenvalue weighted by molar-refractivity contribution is 5.90. The Kier molecular flexibility index (Phi) is 3.05. The number of aryl methyl sites for hydroxylation is 1. The van der Waals surface area contributed by atoms with E-state index < -0.39 is 5.60 Å². The number of aromatic nitrogens is 1. The quantitative estimate of drug-likeness (QED) is 0.708. The van der Waals surface area contributed by atoms with Gasteiger partial charge in [-0.05, 0) is 52.2 Å². The van der Waals surface area contributed by atoms with Crippen molar-refractivity contribution in [3.63, 3.8) is 0 Å². The molecule has 1 aliphatic rings. The molecule has 4 nitrogen and oxygen atoms in total. The third-order valence-electron chi connectivity index (χ3n) is 2.85. The van der Waals surface area contributed by atoms with E-state index in [-0.39, 0.29) is 12.1 Å². The van der Waals surface area contributed by atoms with Crippen LogP contribution in [-0.4, -0.2) is 22.7 Å². The fraction of sp³-hybridized carbons (Fsp3) is 0.571. The van der Waals surface area contributed by atoms with Gasteiger partial charge in [-0.25, -0.2) is 9.78 Å². The van der Waals surface area contributed by atoms with Crippen LogP contribution >= 0.6 is 0 Å². The highest BCUT2D eigenvalue weighted by Crippen LogP contribution is 2.31. The van der Waals surface area contributed by atoms with Crippen molar-refractivity contribution in [2.75, 3.05) is 4.90 Å². The molecular formula is C14H20N2O2. The van der Waals surface area contributed by atoms with Crippen LogP contribution in [0.1, 0.15) is 38.8 Å². The van der Waals surface area contributed by atoms with Gasteiger partial charge in [-0.3, -0.25) is 4.90 Å². The number of ether oxygens (including phenoxy) is 1. The van der Waals surface area contributed by atoms with Gasteiger partial charge in [0.05, 0.1) is 0 Å². The monoisotopic (exact) mass is 248 g/mol. The Balaban J connectivity index is 2.28. The molecule has 18 heavy (non-hydrogen) atoms. The molecule has 0 fully saturated rings. The third-order valence-corrected chi connectivity index (χ3v) is 2.85. The largest absolute Gasteiger partial charge is 0.443 e. The molecule has 1 amide bonds. The maximum Gasteiger partial charge on any atom is 0.416 e. The number of hydrogen-bond donors (Lipinski definition) is 0. The van der Waals surface area contributed by atoms with Crippen molar-refractivity contribution in [1.29, 1.82) is 0 Å². The molecule has 1 aromatic rings. The average molecular weight is 248 g/mol. The van der Waals surface area contributed by atoms with Gasteiger partial charge < -0.3 is 4.74 Å². The lowest BCUT2D eigenvalue weighted by atomic mass is 10.1. The highest BCUT2D eigenvalue weighted by atomic mass is 16.6. The van der Waals surface area contributed by atoms with Crippen LogP contribution < -0.4 is 4.90 Å². The van der Waals surface area contributed by atoms with Gasteiger partial charge in [0.1, 0.15) is 11.4 Å². The molecule has 0 saturated carbocycles. The summed E-state index contributed by atoms with van der Waals surface area (Å²) in [5.74, 6) is 0.738. The van der Waals surface area contributed by atoms with Crippen LogP contribution in [0.15, 0.2) is 12.3 Å². The summed E-state index contributed by atoms with van der Waals surface area (Å²) < 4.78 is 5.43. The van der Waals surface area contributed by atoms with E-state index in [0.717, 1.165) is 23.4 Å². The van der Waals surface area contributed by atoms with Gasteiger partial charge in [0.15, 0.2) is 0 Å². The van der Waals surface area contributed by atoms with Crippen LogP contribution in [0.3, 0.4) is 0 Å². The highest BCUT2D eigenvalue weighted by Gasteiger charge is 2.35. The Morgan fingerprint density at radius 1 is 1.50 bits per heavy atom. The van der Waals surface area contributed by atoms with Crippen molar-refractivity contribution in [3.8, 4) is 0 Å². The second-order valence-corrected chi connectivity index (χ2v) is 5.90. The van der Waals surface area contributed by atoms with Gasteiger partial charge in [-0.15, -0.1) is 0 Å². The normalized spacial score (nSPS) is 18.7. The molecule has 1 unspecified atom stereocenters. The summed E-state index contributed by atoms with van der Waals surface area (Å²) in [7, 11) is 0. The van der Waals surface area contributed by atoms with Crippen LogP contribution in [-0.2, 0) is 11.2 Å². The van der Waals surface area contributed by atoms with Crippen LogP contribution in [0.4, 0.5) is 10.6 Å². The van der Waals surface area contributed by atoms with E-state index in [1.165, 1.54) is 0 Å². The van der Waals surface area contributed by atoms with Crippen LogP contribution in [0.25, 0.3) is 0 Å². The van der Waals surface area contributed by atoms with E-state index in [2.05, 4.69) is 11.1 Å². The van der Waals surface area contributed by atoms with Crippen molar-refractivity contribution in [2.45, 2.75) is 52.7 Å². The second kappa shape index (κ2) is 4.26. The smallest absolute Gasteiger partial charge is 0.416 e. The Bertz CT molecular complexity index is 477. The maximum absolute atomic E-state index is 12.2. The minimum atomic E-state index is -0.482. The molecule has 1 aliphatic heterocycles. The van der Waals surface area contributed by atoms with Gasteiger partial charge in [0.2, 0.25) is 0 Å². The zero-order valence-corrected chi connectivity index (χ0v) is 11.7. The van der Waals surface area contributed by atoms with Gasteiger partial charge >= 0.3 is 6.09 Å². The van der Waals surface area contributed by atoms with Crippen LogP contribution in [0.2, 0.25) is 0 Å². The number of pyridine rings is 1. The predicted octanol–water partition coefficient (Wildman–Crippen LogP) is 3.08. The molecule has 0 N–H and O–H groups in total. The Labute approximate surface area is 108 Å². The molecule has 2 rings (SSSR count). The molecule has 1 atom stereocenters. The standard InChI is InChI=1S/C14H20N2O2/c1-9-6-11-7-10(2)16(12(11)15-8-9)13(17)18-14(3,4)5/h6,8,10H,7H2,1-5H3. The maximum atomic E-state index is 12.2. The van der Waals surface area contributed by atoms with Gasteiger partial charge in [0.25, 0.3) is 0 Å². The number of rotatable bonds is 0. The number of hydrogen-bond acceptors (Lipinski definition) is 3. The summed E-state index contributed by atoms with van der Waals surface area (Å²) in [6.07, 6.45) is 2.31. The molecule has 0 bridgehead atoms. The minimum Gasteiger partial charge on any atom is -0.443 e. The van der Waals surface area contributed by atoms with E-state index in [4.69, 9.17) is 4.74 Å². The van der Waals surface area contributed by atoms with Gasteiger partial charge in [-0.2, -0.15) is 0 Å². The lowest BCUT2D eigenvalue weighted by molar-refractivity contribution is 0.0571. The Morgan fingerprint density at radius 2 is 2.17 bits per heavy atom. The van der Waals surface area contributed by atoms with Crippen molar-refractivity contribution >= 4 is 11.9 Å². The summed E-state index contributed by atoms with van der Waals surface area (Å²) in [6, 6.07) is 2.19. The number of carbonyl (C=O) groups is 1. The summed E-state index contributed by atoms with van der Waals surface area (Å²) in [5, 5.41) is 0. The molecule has 0 radical (unpaired) electrons. The number of nitrogens with zero attached hydrogens (tertiary/aromatic N) is 2. The van der Waals surface area contributed by atoms with E-state index in [1.54, 1.807) is 11.1 Å². The predicted molar refractivity (Wildman–Crippen MR) is 70.9 cm³/mol. The molecule has 0 aromatic carbocycles. The number of fused-ring (bicyclic) bond motifs is 1. The first-order valence-electron chi connectivity index (χ1n) is 6.25. The number of carbonyl (C=O) groups excluding carboxylic acids is 1. The van der Waals surface area contributed by atoms with Gasteiger partial charge in [0, 0.05) is 12.2 Å². The van der Waals surface area contributed by atoms with Crippen molar-refractivity contribution < 1.29 is 9.53 Å². The molecule has 1 aromatic heterocycles. The van der Waals surface area contributed by atoms with Crippen molar-refractivity contribution in [1.82, 2.24) is 4.98 Å². The molecular weight excluding hydrogens is 228 g/mol. The summed E-state index contributed by atoms with van der Waals surface area (Å²) in [5.41, 5.74) is 1.75. The van der Waals surface area contributed by atoms with Gasteiger partial charge in [-0.1, -0.05) is 6.07 Å². The first-order valence-corrected chi connectivity index (χ1v) is 6.25. The first-order chi connectivity index (χ1) is 8.28. The number of anilines is 1. The first kappa shape index (κ1) is 12.9. The SMILES string of the molecule is Cc1cnc2c(c1)CC(C)N2C(=O)OC(C)(C)C. The zero-order valence-electron chi connectivity index (χ0n) is 11.7. The van der Waals surface area contributed by atoms with E-state index in [9.17, 15) is 4.79 Å². The fourth-order valence-electron chi connectivity index (χ4n) is 2.19. The molecule has 0 saturated heterocycles. The van der Waals surface area contributed by atoms with Crippen molar-refractivity contribution in [2.24, 2.45) is 0 Å². The van der Waals surface area contributed by atoms with E-state index in [0.29, 0.717) is 0 Å². The Morgan fingerprint density at radius 3 is 2.78 bits per heavy atom. The van der Waals surface area contributed by atoms with E-state index >= 15 is 0 Å². The summed E-state index contributed by atoms with van der Waals surface area (Å²) >= 11 is 0. The molecule has 4 heteroatoms. The molecule has 0 aliphatic carbocycles. The summed E-state index contributed by atoms with van der Waals surface area (Å²) in [6.45, 7) is 9.63. The fourth-order valence-corrected chi connectivity index (χ4v) is 2.19. The van der Waals surface area contributed by atoms with E-state index in [1.807, 2.05) is 34.6 Å². The van der Waals surface area contributed by atoms with Crippen molar-refractivity contribution in [3.05, 3.63) is 23.4 Å². The number of amides is 1. The zero-order chi connectivity index (χ0) is 13.5. The van der Waals surface area contributed by atoms with Crippen LogP contribution in [0.5, 0.6) is 0 Å². The lowest BCUT2D eigenvalue weighted by Gasteiger charge is -2.26. The van der Waals surface area contributed by atoms with Crippen LogP contribution in [0, 0.1) is 6.92 Å². The Hall–Kier alpha value is -1.58. The molecule has 0 spiro atoms.